The SMILES string of the molecule is CC(C)[C@](C)(NC(=O)[C@H](Cc1cncn1C)NC(=O)OC(C)(C)C)C(=O)NC(C)(C)C. The Labute approximate surface area is 185 Å². The highest BCUT2D eigenvalue weighted by molar-refractivity contribution is 5.94. The number of carbonyl (C=O) groups excluding carboxylic acids is 3. The largest absolute Gasteiger partial charge is 0.444 e. The maximum Gasteiger partial charge on any atom is 0.408 e. The van der Waals surface area contributed by atoms with Crippen LogP contribution < -0.4 is 16.0 Å². The average molecular weight is 438 g/mol. The third-order valence-electron chi connectivity index (χ3n) is 4.83. The Kier molecular flexibility index (Phi) is 8.28. The van der Waals surface area contributed by atoms with Gasteiger partial charge in [-0.3, -0.25) is 9.59 Å². The zero-order valence-electron chi connectivity index (χ0n) is 20.5. The van der Waals surface area contributed by atoms with Crippen LogP contribution in [0.5, 0.6) is 0 Å². The number of rotatable bonds is 7. The first-order valence-corrected chi connectivity index (χ1v) is 10.5. The van der Waals surface area contributed by atoms with E-state index in [0.29, 0.717) is 0 Å². The number of nitrogens with zero attached hydrogens (tertiary/aromatic N) is 2. The molecule has 2 atom stereocenters. The zero-order valence-corrected chi connectivity index (χ0v) is 20.5. The average Bonchev–Trinajstić information content (AvgIpc) is 2.95. The minimum atomic E-state index is -1.18. The molecule has 176 valence electrons. The van der Waals surface area contributed by atoms with Crippen molar-refractivity contribution in [2.45, 2.75) is 91.5 Å². The molecule has 0 aliphatic rings. The van der Waals surface area contributed by atoms with Crippen molar-refractivity contribution in [2.24, 2.45) is 13.0 Å². The smallest absolute Gasteiger partial charge is 0.408 e. The van der Waals surface area contributed by atoms with Crippen LogP contribution in [0.25, 0.3) is 0 Å². The number of nitrogens with one attached hydrogen (secondary N) is 3. The topological polar surface area (TPSA) is 114 Å². The van der Waals surface area contributed by atoms with E-state index in [9.17, 15) is 14.4 Å². The van der Waals surface area contributed by atoms with Gasteiger partial charge in [0.15, 0.2) is 0 Å². The Morgan fingerprint density at radius 3 is 2.06 bits per heavy atom. The first-order chi connectivity index (χ1) is 13.9. The molecule has 0 bridgehead atoms. The molecular formula is C22H39N5O4. The van der Waals surface area contributed by atoms with Crippen molar-refractivity contribution in [3.05, 3.63) is 18.2 Å². The van der Waals surface area contributed by atoms with Gasteiger partial charge in [-0.2, -0.15) is 0 Å². The molecule has 0 unspecified atom stereocenters. The minimum absolute atomic E-state index is 0.191. The van der Waals surface area contributed by atoms with Crippen LogP contribution in [0.3, 0.4) is 0 Å². The molecule has 0 saturated carbocycles. The van der Waals surface area contributed by atoms with Crippen molar-refractivity contribution in [1.29, 1.82) is 0 Å². The van der Waals surface area contributed by atoms with Gasteiger partial charge in [-0.15, -0.1) is 0 Å². The molecule has 0 aliphatic carbocycles. The molecule has 0 radical (unpaired) electrons. The monoisotopic (exact) mass is 437 g/mol. The Morgan fingerprint density at radius 1 is 1.06 bits per heavy atom. The number of carbonyl (C=O) groups is 3. The number of hydrogen-bond acceptors (Lipinski definition) is 5. The molecule has 3 N–H and O–H groups in total. The molecule has 0 aliphatic heterocycles. The quantitative estimate of drug-likeness (QED) is 0.606. The number of imidazole rings is 1. The van der Waals surface area contributed by atoms with Gasteiger partial charge in [0.05, 0.1) is 6.33 Å². The van der Waals surface area contributed by atoms with Crippen molar-refractivity contribution >= 4 is 17.9 Å². The molecule has 9 heteroatoms. The van der Waals surface area contributed by atoms with Crippen LogP contribution in [0.1, 0.15) is 68.0 Å². The molecule has 1 heterocycles. The first-order valence-electron chi connectivity index (χ1n) is 10.5. The first kappa shape index (κ1) is 26.5. The lowest BCUT2D eigenvalue weighted by Crippen LogP contribution is -2.65. The highest BCUT2D eigenvalue weighted by Gasteiger charge is 2.41. The molecule has 1 aromatic heterocycles. The van der Waals surface area contributed by atoms with Crippen LogP contribution in [0.15, 0.2) is 12.5 Å². The standard InChI is InChI=1S/C22H39N5O4/c1-14(2)22(9,18(29)26-20(3,4)5)25-17(28)16(11-15-12-23-13-27(15)10)24-19(30)31-21(6,7)8/h12-14,16H,11H2,1-10H3,(H,24,30)(H,25,28)(H,26,29)/t16-,22-/m0/s1. The molecule has 3 amide bonds. The molecule has 31 heavy (non-hydrogen) atoms. The summed E-state index contributed by atoms with van der Waals surface area (Å²) in [5.41, 5.74) is -1.59. The predicted molar refractivity (Wildman–Crippen MR) is 119 cm³/mol. The third-order valence-corrected chi connectivity index (χ3v) is 4.83. The predicted octanol–water partition coefficient (Wildman–Crippen LogP) is 2.30. The fourth-order valence-corrected chi connectivity index (χ4v) is 2.73. The summed E-state index contributed by atoms with van der Waals surface area (Å²) in [7, 11) is 1.81. The van der Waals surface area contributed by atoms with E-state index < -0.39 is 34.7 Å². The summed E-state index contributed by atoms with van der Waals surface area (Å²) in [6.45, 7) is 16.3. The molecule has 1 rings (SSSR count). The summed E-state index contributed by atoms with van der Waals surface area (Å²) in [6, 6.07) is -0.953. The van der Waals surface area contributed by atoms with E-state index in [2.05, 4.69) is 20.9 Å². The fraction of sp³-hybridized carbons (Fsp3) is 0.727. The summed E-state index contributed by atoms with van der Waals surface area (Å²) >= 11 is 0. The van der Waals surface area contributed by atoms with Crippen LogP contribution in [-0.4, -0.2) is 50.2 Å². The van der Waals surface area contributed by atoms with E-state index >= 15 is 0 Å². The van der Waals surface area contributed by atoms with Crippen LogP contribution in [-0.2, 0) is 27.8 Å². The van der Waals surface area contributed by atoms with Crippen LogP contribution in [0.2, 0.25) is 0 Å². The zero-order chi connectivity index (χ0) is 24.2. The lowest BCUT2D eigenvalue weighted by molar-refractivity contribution is -0.136. The van der Waals surface area contributed by atoms with Gasteiger partial charge in [0.25, 0.3) is 0 Å². The number of aromatic nitrogens is 2. The maximum absolute atomic E-state index is 13.3. The third kappa shape index (κ3) is 8.22. The number of amides is 3. The second-order valence-electron chi connectivity index (χ2n) is 10.4. The summed E-state index contributed by atoms with van der Waals surface area (Å²) in [4.78, 5) is 42.8. The van der Waals surface area contributed by atoms with Gasteiger partial charge >= 0.3 is 6.09 Å². The summed E-state index contributed by atoms with van der Waals surface area (Å²) < 4.78 is 7.10. The second-order valence-corrected chi connectivity index (χ2v) is 10.4. The highest BCUT2D eigenvalue weighted by atomic mass is 16.6. The van der Waals surface area contributed by atoms with Gasteiger partial charge in [0.2, 0.25) is 11.8 Å². The van der Waals surface area contributed by atoms with Gasteiger partial charge in [-0.25, -0.2) is 9.78 Å². The highest BCUT2D eigenvalue weighted by Crippen LogP contribution is 2.19. The van der Waals surface area contributed by atoms with E-state index in [4.69, 9.17) is 4.74 Å². The van der Waals surface area contributed by atoms with Gasteiger partial charge in [-0.05, 0) is 54.4 Å². The summed E-state index contributed by atoms with van der Waals surface area (Å²) in [6.07, 6.45) is 2.73. The van der Waals surface area contributed by atoms with Gasteiger partial charge in [-0.1, -0.05) is 13.8 Å². The van der Waals surface area contributed by atoms with Crippen molar-refractivity contribution in [3.8, 4) is 0 Å². The Balaban J connectivity index is 3.14. The summed E-state index contributed by atoms with van der Waals surface area (Å²) in [5, 5.41) is 8.44. The van der Waals surface area contributed by atoms with Crippen LogP contribution in [0, 0.1) is 5.92 Å². The van der Waals surface area contributed by atoms with E-state index in [1.54, 1.807) is 51.8 Å². The van der Waals surface area contributed by atoms with E-state index in [-0.39, 0.29) is 18.2 Å². The van der Waals surface area contributed by atoms with E-state index in [1.165, 1.54) is 0 Å². The van der Waals surface area contributed by atoms with Crippen LogP contribution in [0.4, 0.5) is 4.79 Å². The molecule has 0 spiro atoms. The molecular weight excluding hydrogens is 398 g/mol. The number of ether oxygens (including phenoxy) is 1. The Morgan fingerprint density at radius 2 is 1.65 bits per heavy atom. The second kappa shape index (κ2) is 9.70. The molecule has 9 nitrogen and oxygen atoms in total. The van der Waals surface area contributed by atoms with Crippen molar-refractivity contribution < 1.29 is 19.1 Å². The Hall–Kier alpha value is -2.58. The Bertz CT molecular complexity index is 789. The number of aryl methyl sites for hydroxylation is 1. The van der Waals surface area contributed by atoms with Gasteiger partial charge in [0.1, 0.15) is 17.2 Å². The van der Waals surface area contributed by atoms with E-state index in [0.717, 1.165) is 5.69 Å². The maximum atomic E-state index is 13.3. The summed E-state index contributed by atoms with van der Waals surface area (Å²) in [5.74, 6) is -0.968. The van der Waals surface area contributed by atoms with Crippen molar-refractivity contribution in [2.75, 3.05) is 0 Å². The molecule has 0 fully saturated rings. The minimum Gasteiger partial charge on any atom is -0.444 e. The molecule has 0 aromatic carbocycles. The fourth-order valence-electron chi connectivity index (χ4n) is 2.73. The normalized spacial score (nSPS) is 15.1. The molecule has 0 saturated heterocycles. The lowest BCUT2D eigenvalue weighted by Gasteiger charge is -2.37. The number of hydrogen-bond donors (Lipinski definition) is 3. The van der Waals surface area contributed by atoms with Gasteiger partial charge < -0.3 is 25.3 Å². The van der Waals surface area contributed by atoms with Gasteiger partial charge in [0, 0.05) is 30.9 Å². The van der Waals surface area contributed by atoms with Crippen molar-refractivity contribution in [1.82, 2.24) is 25.5 Å². The van der Waals surface area contributed by atoms with E-state index in [1.807, 2.05) is 34.6 Å². The van der Waals surface area contributed by atoms with Crippen molar-refractivity contribution in [3.63, 3.8) is 0 Å². The van der Waals surface area contributed by atoms with Crippen LogP contribution >= 0.6 is 0 Å². The number of alkyl carbamates (subject to hydrolysis) is 1. The lowest BCUT2D eigenvalue weighted by atomic mass is 9.86. The molecule has 1 aromatic rings.